The quantitative estimate of drug-likeness (QED) is 0.442. The minimum absolute atomic E-state index is 0.0949. The predicted octanol–water partition coefficient (Wildman–Crippen LogP) is 3.04. The second-order valence-electron chi connectivity index (χ2n) is 9.23. The van der Waals surface area contributed by atoms with Gasteiger partial charge in [0.15, 0.2) is 0 Å². The van der Waals surface area contributed by atoms with Crippen LogP contribution in [0.25, 0.3) is 0 Å². The van der Waals surface area contributed by atoms with Gasteiger partial charge >= 0.3 is 5.97 Å². The van der Waals surface area contributed by atoms with Gasteiger partial charge in [0.2, 0.25) is 0 Å². The SMILES string of the molecule is CCCCC(Nc1ccccc1)C12C=CC(O1)C(C(=O)NC1CCN(C)CC1)=C2C(=O)OC. The van der Waals surface area contributed by atoms with Crippen molar-refractivity contribution in [2.24, 2.45) is 0 Å². The van der Waals surface area contributed by atoms with E-state index in [2.05, 4.69) is 29.5 Å². The van der Waals surface area contributed by atoms with Gasteiger partial charge in [0.1, 0.15) is 11.7 Å². The maximum absolute atomic E-state index is 13.4. The van der Waals surface area contributed by atoms with E-state index in [1.54, 1.807) is 0 Å². The van der Waals surface area contributed by atoms with E-state index in [0.29, 0.717) is 11.1 Å². The maximum Gasteiger partial charge on any atom is 0.337 e. The molecule has 7 nitrogen and oxygen atoms in total. The highest BCUT2D eigenvalue weighted by Gasteiger charge is 2.57. The molecule has 1 aromatic carbocycles. The number of piperidine rings is 1. The van der Waals surface area contributed by atoms with Crippen molar-refractivity contribution in [2.45, 2.75) is 62.8 Å². The summed E-state index contributed by atoms with van der Waals surface area (Å²) in [4.78, 5) is 28.8. The number of anilines is 1. The van der Waals surface area contributed by atoms with Gasteiger partial charge in [-0.05, 0) is 57.6 Å². The van der Waals surface area contributed by atoms with Crippen molar-refractivity contribution in [3.63, 3.8) is 0 Å². The molecule has 3 aliphatic heterocycles. The third-order valence-electron chi connectivity index (χ3n) is 6.95. The Bertz CT molecular complexity index is 921. The molecule has 2 N–H and O–H groups in total. The summed E-state index contributed by atoms with van der Waals surface area (Å²) in [5.74, 6) is -0.734. The molecule has 33 heavy (non-hydrogen) atoms. The molecule has 7 heteroatoms. The van der Waals surface area contributed by atoms with Crippen molar-refractivity contribution < 1.29 is 19.1 Å². The van der Waals surface area contributed by atoms with E-state index in [9.17, 15) is 9.59 Å². The van der Waals surface area contributed by atoms with E-state index in [0.717, 1.165) is 50.9 Å². The molecule has 1 amide bonds. The fourth-order valence-corrected chi connectivity index (χ4v) is 5.11. The summed E-state index contributed by atoms with van der Waals surface area (Å²) in [5.41, 5.74) is 0.622. The van der Waals surface area contributed by atoms with Gasteiger partial charge in [0, 0.05) is 11.7 Å². The van der Waals surface area contributed by atoms with Crippen LogP contribution in [0, 0.1) is 0 Å². The summed E-state index contributed by atoms with van der Waals surface area (Å²) in [6.07, 6.45) is 7.83. The number of ether oxygens (including phenoxy) is 2. The van der Waals surface area contributed by atoms with Crippen LogP contribution >= 0.6 is 0 Å². The Morgan fingerprint density at radius 3 is 2.64 bits per heavy atom. The first-order chi connectivity index (χ1) is 16.0. The van der Waals surface area contributed by atoms with E-state index in [1.807, 2.05) is 42.5 Å². The number of nitrogens with one attached hydrogen (secondary N) is 2. The summed E-state index contributed by atoms with van der Waals surface area (Å²) in [6.45, 7) is 4.02. The molecule has 1 aromatic rings. The lowest BCUT2D eigenvalue weighted by atomic mass is 9.79. The normalized spacial score (nSPS) is 25.8. The van der Waals surface area contributed by atoms with Gasteiger partial charge < -0.3 is 25.0 Å². The second kappa shape index (κ2) is 10.1. The summed E-state index contributed by atoms with van der Waals surface area (Å²) >= 11 is 0. The third-order valence-corrected chi connectivity index (χ3v) is 6.95. The van der Waals surface area contributed by atoms with Crippen LogP contribution in [0.2, 0.25) is 0 Å². The molecule has 3 heterocycles. The molecule has 4 rings (SSSR count). The fourth-order valence-electron chi connectivity index (χ4n) is 5.11. The molecule has 0 aromatic heterocycles. The lowest BCUT2D eigenvalue weighted by Crippen LogP contribution is -2.49. The Morgan fingerprint density at radius 1 is 1.24 bits per heavy atom. The number of carbonyl (C=O) groups is 2. The molecular formula is C26H35N3O4. The van der Waals surface area contributed by atoms with Crippen molar-refractivity contribution in [3.05, 3.63) is 53.6 Å². The summed E-state index contributed by atoms with van der Waals surface area (Å²) in [6, 6.07) is 9.77. The lowest BCUT2D eigenvalue weighted by molar-refractivity contribution is -0.138. The van der Waals surface area contributed by atoms with Crippen LogP contribution in [-0.4, -0.2) is 67.8 Å². The van der Waals surface area contributed by atoms with Crippen LogP contribution in [-0.2, 0) is 19.1 Å². The topological polar surface area (TPSA) is 79.9 Å². The molecule has 2 bridgehead atoms. The van der Waals surface area contributed by atoms with Crippen LogP contribution in [0.4, 0.5) is 5.69 Å². The number of esters is 1. The van der Waals surface area contributed by atoms with E-state index in [1.165, 1.54) is 7.11 Å². The molecule has 178 valence electrons. The standard InChI is InChI=1S/C26H35N3O4/c1-4-5-11-21(27-18-9-7-6-8-10-18)26-15-12-20(33-26)22(23(26)25(31)32-3)24(30)28-19-13-16-29(2)17-14-19/h6-10,12,15,19-21,27H,4-5,11,13-14,16-17H2,1-3H3,(H,28,30). The number of amides is 1. The van der Waals surface area contributed by atoms with Gasteiger partial charge in [-0.15, -0.1) is 0 Å². The summed E-state index contributed by atoms with van der Waals surface area (Å²) in [5, 5.41) is 6.73. The number of carbonyl (C=O) groups excluding carboxylic acids is 2. The Morgan fingerprint density at radius 2 is 1.97 bits per heavy atom. The molecule has 3 atom stereocenters. The predicted molar refractivity (Wildman–Crippen MR) is 128 cm³/mol. The number of likely N-dealkylation sites (tertiary alicyclic amines) is 1. The minimum atomic E-state index is -1.04. The molecule has 0 spiro atoms. The van der Waals surface area contributed by atoms with Crippen LogP contribution in [0.3, 0.4) is 0 Å². The van der Waals surface area contributed by atoms with Gasteiger partial charge in [-0.25, -0.2) is 4.79 Å². The second-order valence-corrected chi connectivity index (χ2v) is 9.23. The first kappa shape index (κ1) is 23.5. The number of unbranched alkanes of at least 4 members (excludes halogenated alkanes) is 1. The first-order valence-electron chi connectivity index (χ1n) is 12.0. The Kier molecular flexibility index (Phi) is 7.20. The number of para-hydroxylation sites is 1. The van der Waals surface area contributed by atoms with E-state index in [4.69, 9.17) is 9.47 Å². The molecule has 0 saturated carbocycles. The molecular weight excluding hydrogens is 418 g/mol. The van der Waals surface area contributed by atoms with Gasteiger partial charge in [-0.1, -0.05) is 44.0 Å². The lowest BCUT2D eigenvalue weighted by Gasteiger charge is -2.36. The Hall–Kier alpha value is -2.64. The Labute approximate surface area is 196 Å². The number of rotatable bonds is 9. The molecule has 0 radical (unpaired) electrons. The highest BCUT2D eigenvalue weighted by molar-refractivity contribution is 6.07. The van der Waals surface area contributed by atoms with E-state index in [-0.39, 0.29) is 18.0 Å². The highest BCUT2D eigenvalue weighted by Crippen LogP contribution is 2.47. The summed E-state index contributed by atoms with van der Waals surface area (Å²) < 4.78 is 11.6. The molecule has 3 unspecified atom stereocenters. The average molecular weight is 454 g/mol. The molecule has 3 aliphatic rings. The van der Waals surface area contributed by atoms with Gasteiger partial charge in [0.25, 0.3) is 5.91 Å². The van der Waals surface area contributed by atoms with Crippen LogP contribution in [0.15, 0.2) is 53.6 Å². The van der Waals surface area contributed by atoms with Crippen molar-refractivity contribution in [1.82, 2.24) is 10.2 Å². The zero-order valence-corrected chi connectivity index (χ0v) is 19.8. The van der Waals surface area contributed by atoms with Crippen LogP contribution in [0.1, 0.15) is 39.0 Å². The number of benzene rings is 1. The van der Waals surface area contributed by atoms with Gasteiger partial charge in [-0.2, -0.15) is 0 Å². The zero-order valence-electron chi connectivity index (χ0n) is 19.8. The monoisotopic (exact) mass is 453 g/mol. The van der Waals surface area contributed by atoms with Gasteiger partial charge in [0.05, 0.1) is 24.3 Å². The van der Waals surface area contributed by atoms with Crippen LogP contribution < -0.4 is 10.6 Å². The number of hydrogen-bond acceptors (Lipinski definition) is 6. The van der Waals surface area contributed by atoms with Gasteiger partial charge in [-0.3, -0.25) is 4.79 Å². The Balaban J connectivity index is 1.66. The molecule has 0 aliphatic carbocycles. The van der Waals surface area contributed by atoms with Crippen molar-refractivity contribution in [3.8, 4) is 0 Å². The van der Waals surface area contributed by atoms with Crippen molar-refractivity contribution in [2.75, 3.05) is 32.6 Å². The number of hydrogen-bond donors (Lipinski definition) is 2. The number of methoxy groups -OCH3 is 1. The van der Waals surface area contributed by atoms with E-state index < -0.39 is 17.7 Å². The summed E-state index contributed by atoms with van der Waals surface area (Å²) in [7, 11) is 3.45. The third kappa shape index (κ3) is 4.70. The number of fused-ring (bicyclic) bond motifs is 2. The first-order valence-corrected chi connectivity index (χ1v) is 12.0. The zero-order chi connectivity index (χ0) is 23.4. The highest BCUT2D eigenvalue weighted by atomic mass is 16.5. The molecule has 1 saturated heterocycles. The fraction of sp³-hybridized carbons (Fsp3) is 0.538. The smallest absolute Gasteiger partial charge is 0.337 e. The van der Waals surface area contributed by atoms with Crippen molar-refractivity contribution >= 4 is 17.6 Å². The van der Waals surface area contributed by atoms with Crippen molar-refractivity contribution in [1.29, 1.82) is 0 Å². The van der Waals surface area contributed by atoms with E-state index >= 15 is 0 Å². The number of nitrogens with zero attached hydrogens (tertiary/aromatic N) is 1. The van der Waals surface area contributed by atoms with Crippen LogP contribution in [0.5, 0.6) is 0 Å². The largest absolute Gasteiger partial charge is 0.466 e. The molecule has 1 fully saturated rings. The average Bonchev–Trinajstić information content (AvgIpc) is 3.41. The minimum Gasteiger partial charge on any atom is -0.466 e. The maximum atomic E-state index is 13.4.